The Morgan fingerprint density at radius 1 is 0.842 bits per heavy atom. The molecule has 9 nitrogen and oxygen atoms in total. The number of aromatic nitrogens is 2. The summed E-state index contributed by atoms with van der Waals surface area (Å²) in [6.07, 6.45) is 4.05. The zero-order valence-electron chi connectivity index (χ0n) is 20.7. The summed E-state index contributed by atoms with van der Waals surface area (Å²) in [6, 6.07) is 24.5. The molecule has 0 aliphatic heterocycles. The molecule has 0 spiro atoms. The first kappa shape index (κ1) is 25.0. The number of amides is 1. The zero-order chi connectivity index (χ0) is 26.3. The van der Waals surface area contributed by atoms with Crippen LogP contribution >= 0.6 is 0 Å². The van der Waals surface area contributed by atoms with Crippen molar-refractivity contribution in [2.24, 2.45) is 5.92 Å². The molecule has 1 aromatic heterocycles. The summed E-state index contributed by atoms with van der Waals surface area (Å²) in [6.45, 7) is 0. The van der Waals surface area contributed by atoms with Gasteiger partial charge in [0.15, 0.2) is 0 Å². The molecular formula is C29H28N4O5. The number of carboxylic acid groups (broad SMARTS) is 1. The summed E-state index contributed by atoms with van der Waals surface area (Å²) in [5, 5.41) is 22.5. The van der Waals surface area contributed by atoms with Crippen molar-refractivity contribution in [3.63, 3.8) is 0 Å². The Bertz CT molecular complexity index is 1360. The van der Waals surface area contributed by atoms with Crippen LogP contribution in [0.15, 0.2) is 83.3 Å². The van der Waals surface area contributed by atoms with Crippen LogP contribution in [0.4, 0.5) is 17.4 Å². The number of carboxylic acids is 1. The number of anilines is 3. The van der Waals surface area contributed by atoms with E-state index >= 15 is 0 Å². The number of carbonyl (C=O) groups is 2. The average Bonchev–Trinajstić information content (AvgIpc) is 3.40. The predicted octanol–water partition coefficient (Wildman–Crippen LogP) is 6.61. The van der Waals surface area contributed by atoms with Gasteiger partial charge in [0.25, 0.3) is 0 Å². The number of para-hydroxylation sites is 1. The van der Waals surface area contributed by atoms with Crippen molar-refractivity contribution >= 4 is 29.3 Å². The Morgan fingerprint density at radius 3 is 2.18 bits per heavy atom. The van der Waals surface area contributed by atoms with E-state index in [4.69, 9.17) is 14.3 Å². The second-order valence-electron chi connectivity index (χ2n) is 9.37. The molecule has 0 bridgehead atoms. The molecule has 1 saturated carbocycles. The highest BCUT2D eigenvalue weighted by atomic mass is 16.5. The molecular weight excluding hydrogens is 484 g/mol. The number of carbonyl (C=O) groups excluding carboxylic acids is 1. The van der Waals surface area contributed by atoms with E-state index in [0.29, 0.717) is 23.0 Å². The zero-order valence-corrected chi connectivity index (χ0v) is 20.7. The third-order valence-electron chi connectivity index (χ3n) is 6.65. The Hall–Kier alpha value is -4.66. The molecule has 1 heterocycles. The van der Waals surface area contributed by atoms with Crippen LogP contribution in [0.3, 0.4) is 0 Å². The highest BCUT2D eigenvalue weighted by Gasteiger charge is 2.24. The van der Waals surface area contributed by atoms with E-state index in [9.17, 15) is 9.59 Å². The van der Waals surface area contributed by atoms with Gasteiger partial charge in [-0.3, -0.25) is 9.59 Å². The lowest BCUT2D eigenvalue weighted by Gasteiger charge is -2.28. The van der Waals surface area contributed by atoms with E-state index in [0.717, 1.165) is 31.4 Å². The lowest BCUT2D eigenvalue weighted by Crippen LogP contribution is -2.16. The lowest BCUT2D eigenvalue weighted by molar-refractivity contribution is -0.138. The molecule has 0 radical (unpaired) electrons. The minimum absolute atomic E-state index is 0.0979. The summed E-state index contributed by atoms with van der Waals surface area (Å²) >= 11 is 0. The second kappa shape index (κ2) is 11.6. The van der Waals surface area contributed by atoms with Crippen LogP contribution < -0.4 is 15.4 Å². The molecule has 1 amide bonds. The first-order valence-electron chi connectivity index (χ1n) is 12.6. The number of aliphatic carboxylic acids is 1. The van der Waals surface area contributed by atoms with Gasteiger partial charge in [-0.15, -0.1) is 5.10 Å². The van der Waals surface area contributed by atoms with Gasteiger partial charge in [-0.05, 0) is 91.6 Å². The van der Waals surface area contributed by atoms with E-state index in [1.165, 1.54) is 5.56 Å². The minimum Gasteiger partial charge on any atom is -0.481 e. The maximum Gasteiger partial charge on any atom is 0.320 e. The average molecular weight is 513 g/mol. The van der Waals surface area contributed by atoms with Crippen molar-refractivity contribution in [2.75, 3.05) is 10.6 Å². The highest BCUT2D eigenvalue weighted by Crippen LogP contribution is 2.37. The molecule has 38 heavy (non-hydrogen) atoms. The van der Waals surface area contributed by atoms with Crippen LogP contribution in [0, 0.1) is 5.92 Å². The fraction of sp³-hybridized carbons (Fsp3) is 0.241. The summed E-state index contributed by atoms with van der Waals surface area (Å²) in [5.74, 6) is 0.731. The van der Waals surface area contributed by atoms with E-state index in [-0.39, 0.29) is 24.2 Å². The number of hydrogen-bond donors (Lipinski definition) is 3. The van der Waals surface area contributed by atoms with E-state index in [1.54, 1.807) is 0 Å². The van der Waals surface area contributed by atoms with Crippen LogP contribution in [0.2, 0.25) is 0 Å². The predicted molar refractivity (Wildman–Crippen MR) is 142 cm³/mol. The molecule has 3 aromatic carbocycles. The summed E-state index contributed by atoms with van der Waals surface area (Å²) < 4.78 is 11.3. The number of nitrogens with zero attached hydrogens (tertiary/aromatic N) is 2. The van der Waals surface area contributed by atoms with Crippen LogP contribution in [0.5, 0.6) is 11.5 Å². The lowest BCUT2D eigenvalue weighted by atomic mass is 9.77. The van der Waals surface area contributed by atoms with Crippen molar-refractivity contribution in [2.45, 2.75) is 38.0 Å². The second-order valence-corrected chi connectivity index (χ2v) is 9.37. The van der Waals surface area contributed by atoms with Crippen LogP contribution in [0.1, 0.15) is 54.3 Å². The summed E-state index contributed by atoms with van der Waals surface area (Å²) in [5.41, 5.74) is 2.52. The van der Waals surface area contributed by atoms with E-state index in [2.05, 4.69) is 20.8 Å². The number of rotatable bonds is 9. The van der Waals surface area contributed by atoms with Gasteiger partial charge in [0.1, 0.15) is 11.5 Å². The fourth-order valence-corrected chi connectivity index (χ4v) is 4.69. The summed E-state index contributed by atoms with van der Waals surface area (Å²) in [4.78, 5) is 23.5. The SMILES string of the molecule is O=C(O)CC1CCC(c2ccc(NC(=O)c3nnc(Nc4ccc(Oc5ccccc5)cc4)o3)cc2)CC1. The van der Waals surface area contributed by atoms with Gasteiger partial charge in [-0.2, -0.15) is 0 Å². The normalized spacial score (nSPS) is 16.9. The van der Waals surface area contributed by atoms with Gasteiger partial charge < -0.3 is 24.9 Å². The molecule has 5 rings (SSSR count). The molecule has 3 N–H and O–H groups in total. The topological polar surface area (TPSA) is 127 Å². The maximum atomic E-state index is 12.6. The third-order valence-corrected chi connectivity index (χ3v) is 6.65. The highest BCUT2D eigenvalue weighted by molar-refractivity contribution is 6.00. The summed E-state index contributed by atoms with van der Waals surface area (Å²) in [7, 11) is 0. The van der Waals surface area contributed by atoms with Crippen molar-refractivity contribution in [3.05, 3.63) is 90.3 Å². The Balaban J connectivity index is 1.12. The van der Waals surface area contributed by atoms with Crippen LogP contribution in [-0.4, -0.2) is 27.2 Å². The van der Waals surface area contributed by atoms with Crippen LogP contribution in [-0.2, 0) is 4.79 Å². The maximum absolute atomic E-state index is 12.6. The van der Waals surface area contributed by atoms with Crippen molar-refractivity contribution in [1.29, 1.82) is 0 Å². The largest absolute Gasteiger partial charge is 0.481 e. The number of benzene rings is 3. The number of nitrogens with one attached hydrogen (secondary N) is 2. The minimum atomic E-state index is -0.721. The van der Waals surface area contributed by atoms with Gasteiger partial charge in [0, 0.05) is 17.8 Å². The molecule has 4 aromatic rings. The molecule has 194 valence electrons. The smallest absolute Gasteiger partial charge is 0.320 e. The quantitative estimate of drug-likeness (QED) is 0.229. The first-order valence-corrected chi connectivity index (χ1v) is 12.6. The molecule has 1 fully saturated rings. The molecule has 9 heteroatoms. The standard InChI is InChI=1S/C29H28N4O5/c34-26(35)18-19-6-8-20(9-7-19)21-10-12-22(13-11-21)30-27(36)28-32-33-29(38-28)31-23-14-16-25(17-15-23)37-24-4-2-1-3-5-24/h1-5,10-17,19-20H,6-9,18H2,(H,30,36)(H,31,33)(H,34,35). The Labute approximate surface area is 219 Å². The van der Waals surface area contributed by atoms with Crippen molar-refractivity contribution in [3.8, 4) is 11.5 Å². The van der Waals surface area contributed by atoms with E-state index in [1.807, 2.05) is 78.9 Å². The Kier molecular flexibility index (Phi) is 7.63. The van der Waals surface area contributed by atoms with Gasteiger partial charge >= 0.3 is 23.8 Å². The number of hydrogen-bond acceptors (Lipinski definition) is 7. The van der Waals surface area contributed by atoms with Crippen LogP contribution in [0.25, 0.3) is 0 Å². The van der Waals surface area contributed by atoms with Crippen molar-refractivity contribution < 1.29 is 23.8 Å². The van der Waals surface area contributed by atoms with Crippen molar-refractivity contribution in [1.82, 2.24) is 10.2 Å². The molecule has 1 aliphatic carbocycles. The third kappa shape index (κ3) is 6.56. The van der Waals surface area contributed by atoms with Gasteiger partial charge in [-0.1, -0.05) is 35.4 Å². The molecule has 1 aliphatic rings. The Morgan fingerprint density at radius 2 is 1.50 bits per heavy atom. The number of ether oxygens (including phenoxy) is 1. The monoisotopic (exact) mass is 512 g/mol. The van der Waals surface area contributed by atoms with Gasteiger partial charge in [0.2, 0.25) is 0 Å². The molecule has 0 atom stereocenters. The molecule has 0 saturated heterocycles. The molecule has 0 unspecified atom stereocenters. The van der Waals surface area contributed by atoms with Gasteiger partial charge in [-0.25, -0.2) is 0 Å². The first-order chi connectivity index (χ1) is 18.5. The van der Waals surface area contributed by atoms with E-state index < -0.39 is 11.9 Å². The fourth-order valence-electron chi connectivity index (χ4n) is 4.69. The van der Waals surface area contributed by atoms with Gasteiger partial charge in [0.05, 0.1) is 0 Å².